The summed E-state index contributed by atoms with van der Waals surface area (Å²) in [6.07, 6.45) is -2.73. The second-order valence-electron chi connectivity index (χ2n) is 7.36. The number of para-hydroxylation sites is 2. The number of likely N-dealkylation sites (tertiary alicyclic amines) is 1. The van der Waals surface area contributed by atoms with Crippen molar-refractivity contribution < 1.29 is 22.8 Å². The van der Waals surface area contributed by atoms with Gasteiger partial charge in [0.15, 0.2) is 11.6 Å². The van der Waals surface area contributed by atoms with Crippen LogP contribution in [0.5, 0.6) is 0 Å². The Bertz CT molecular complexity index is 943. The fourth-order valence-electron chi connectivity index (χ4n) is 3.76. The van der Waals surface area contributed by atoms with Crippen molar-refractivity contribution in [3.05, 3.63) is 24.3 Å². The lowest BCUT2D eigenvalue weighted by Gasteiger charge is -2.21. The number of benzene rings is 1. The molecule has 2 aliphatic heterocycles. The molecule has 1 atom stereocenters. The van der Waals surface area contributed by atoms with Crippen LogP contribution < -0.4 is 10.2 Å². The summed E-state index contributed by atoms with van der Waals surface area (Å²) < 4.78 is 37.8. The Hall–Kier alpha value is -2.91. The zero-order valence-electron chi connectivity index (χ0n) is 15.6. The van der Waals surface area contributed by atoms with E-state index in [2.05, 4.69) is 15.3 Å². The monoisotopic (exact) mass is 407 g/mol. The minimum Gasteiger partial charge on any atom is -0.354 e. The normalized spacial score (nSPS) is 20.0. The second kappa shape index (κ2) is 7.49. The van der Waals surface area contributed by atoms with E-state index in [0.717, 1.165) is 25.9 Å². The van der Waals surface area contributed by atoms with Crippen molar-refractivity contribution in [2.75, 3.05) is 36.4 Å². The molecule has 1 aromatic heterocycles. The van der Waals surface area contributed by atoms with Gasteiger partial charge >= 0.3 is 6.18 Å². The molecule has 3 heterocycles. The molecule has 29 heavy (non-hydrogen) atoms. The molecule has 10 heteroatoms. The average molecular weight is 407 g/mol. The molecule has 2 saturated heterocycles. The summed E-state index contributed by atoms with van der Waals surface area (Å²) >= 11 is 0. The standard InChI is InChI=1S/C19H20F3N5O2/c20-19(21,22)11-27-10-12(9-15(27)28)18(29)25-16-17(26-7-3-4-8-26)24-14-6-2-1-5-13(14)23-16/h1-2,5-6,12H,3-4,7-11H2,(H,23,25,29). The fourth-order valence-corrected chi connectivity index (χ4v) is 3.76. The lowest BCUT2D eigenvalue weighted by Crippen LogP contribution is -2.36. The SMILES string of the molecule is O=C(Nc1nc2ccccc2nc1N1CCCC1)C1CC(=O)N(CC(F)(F)F)C1. The number of nitrogens with one attached hydrogen (secondary N) is 1. The van der Waals surface area contributed by atoms with Crippen LogP contribution in [0.2, 0.25) is 0 Å². The lowest BCUT2D eigenvalue weighted by atomic mass is 10.1. The largest absolute Gasteiger partial charge is 0.406 e. The highest BCUT2D eigenvalue weighted by atomic mass is 19.4. The van der Waals surface area contributed by atoms with Crippen molar-refractivity contribution in [1.82, 2.24) is 14.9 Å². The van der Waals surface area contributed by atoms with Crippen LogP contribution in [0.4, 0.5) is 24.8 Å². The molecule has 1 N–H and O–H groups in total. The smallest absolute Gasteiger partial charge is 0.354 e. The van der Waals surface area contributed by atoms with Crippen molar-refractivity contribution in [3.63, 3.8) is 0 Å². The number of hydrogen-bond acceptors (Lipinski definition) is 5. The molecular weight excluding hydrogens is 387 g/mol. The Labute approximate surface area is 164 Å². The van der Waals surface area contributed by atoms with Gasteiger partial charge in [-0.2, -0.15) is 13.2 Å². The minimum absolute atomic E-state index is 0.248. The number of carbonyl (C=O) groups excluding carboxylic acids is 2. The molecule has 0 radical (unpaired) electrons. The molecule has 0 bridgehead atoms. The Morgan fingerprint density at radius 2 is 1.79 bits per heavy atom. The van der Waals surface area contributed by atoms with E-state index in [0.29, 0.717) is 21.8 Å². The highest BCUT2D eigenvalue weighted by Crippen LogP contribution is 2.30. The third kappa shape index (κ3) is 4.25. The zero-order chi connectivity index (χ0) is 20.6. The highest BCUT2D eigenvalue weighted by Gasteiger charge is 2.40. The van der Waals surface area contributed by atoms with Gasteiger partial charge in [-0.05, 0) is 25.0 Å². The number of hydrogen-bond donors (Lipinski definition) is 1. The summed E-state index contributed by atoms with van der Waals surface area (Å²) in [6.45, 7) is -0.0248. The van der Waals surface area contributed by atoms with Gasteiger partial charge in [-0.25, -0.2) is 9.97 Å². The second-order valence-corrected chi connectivity index (χ2v) is 7.36. The molecule has 2 amide bonds. The number of rotatable bonds is 4. The van der Waals surface area contributed by atoms with Crippen LogP contribution >= 0.6 is 0 Å². The van der Waals surface area contributed by atoms with E-state index in [4.69, 9.17) is 0 Å². The van der Waals surface area contributed by atoms with Gasteiger partial charge in [0.1, 0.15) is 6.54 Å². The molecule has 1 unspecified atom stereocenters. The van der Waals surface area contributed by atoms with E-state index in [-0.39, 0.29) is 18.8 Å². The Morgan fingerprint density at radius 3 is 2.45 bits per heavy atom. The summed E-state index contributed by atoms with van der Waals surface area (Å²) in [5.41, 5.74) is 1.30. The predicted octanol–water partition coefficient (Wildman–Crippen LogP) is 2.58. The maximum Gasteiger partial charge on any atom is 0.406 e. The van der Waals surface area contributed by atoms with Crippen LogP contribution in [0.25, 0.3) is 11.0 Å². The highest BCUT2D eigenvalue weighted by molar-refractivity contribution is 5.99. The number of aromatic nitrogens is 2. The van der Waals surface area contributed by atoms with Crippen molar-refractivity contribution >= 4 is 34.5 Å². The van der Waals surface area contributed by atoms with Gasteiger partial charge < -0.3 is 15.1 Å². The molecule has 154 valence electrons. The summed E-state index contributed by atoms with van der Waals surface area (Å²) in [4.78, 5) is 36.5. The number of anilines is 2. The van der Waals surface area contributed by atoms with Gasteiger partial charge in [0.05, 0.1) is 17.0 Å². The van der Waals surface area contributed by atoms with Crippen LogP contribution in [0.3, 0.4) is 0 Å². The molecule has 7 nitrogen and oxygen atoms in total. The van der Waals surface area contributed by atoms with Gasteiger partial charge in [-0.1, -0.05) is 12.1 Å². The van der Waals surface area contributed by atoms with Crippen LogP contribution in [0.1, 0.15) is 19.3 Å². The molecule has 0 spiro atoms. The Morgan fingerprint density at radius 1 is 1.14 bits per heavy atom. The molecule has 2 aliphatic rings. The summed E-state index contributed by atoms with van der Waals surface area (Å²) in [6, 6.07) is 7.26. The van der Waals surface area contributed by atoms with E-state index in [9.17, 15) is 22.8 Å². The van der Waals surface area contributed by atoms with E-state index < -0.39 is 30.5 Å². The van der Waals surface area contributed by atoms with E-state index in [1.54, 1.807) is 6.07 Å². The molecule has 0 aliphatic carbocycles. The number of amides is 2. The van der Waals surface area contributed by atoms with Gasteiger partial charge in [-0.15, -0.1) is 0 Å². The fraction of sp³-hybridized carbons (Fsp3) is 0.474. The average Bonchev–Trinajstić information content (AvgIpc) is 3.30. The number of alkyl halides is 3. The maximum atomic E-state index is 12.7. The van der Waals surface area contributed by atoms with E-state index in [1.165, 1.54) is 0 Å². The number of fused-ring (bicyclic) bond motifs is 1. The molecular formula is C19H20F3N5O2. The van der Waals surface area contributed by atoms with Crippen LogP contribution in [-0.4, -0.2) is 59.0 Å². The van der Waals surface area contributed by atoms with Gasteiger partial charge in [-0.3, -0.25) is 9.59 Å². The van der Waals surface area contributed by atoms with Crippen molar-refractivity contribution in [1.29, 1.82) is 0 Å². The van der Waals surface area contributed by atoms with Crippen LogP contribution in [-0.2, 0) is 9.59 Å². The number of carbonyl (C=O) groups is 2. The molecule has 4 rings (SSSR count). The van der Waals surface area contributed by atoms with Gasteiger partial charge in [0.2, 0.25) is 11.8 Å². The molecule has 0 saturated carbocycles. The first-order chi connectivity index (χ1) is 13.8. The van der Waals surface area contributed by atoms with E-state index in [1.807, 2.05) is 23.1 Å². The molecule has 2 fully saturated rings. The molecule has 1 aromatic carbocycles. The first-order valence-electron chi connectivity index (χ1n) is 9.47. The first kappa shape index (κ1) is 19.4. The maximum absolute atomic E-state index is 12.7. The summed E-state index contributed by atoms with van der Waals surface area (Å²) in [5.74, 6) is -1.23. The topological polar surface area (TPSA) is 78.4 Å². The number of nitrogens with zero attached hydrogens (tertiary/aromatic N) is 4. The lowest BCUT2D eigenvalue weighted by molar-refractivity contribution is -0.157. The molecule has 2 aromatic rings. The zero-order valence-corrected chi connectivity index (χ0v) is 15.6. The van der Waals surface area contributed by atoms with Crippen molar-refractivity contribution in [2.45, 2.75) is 25.4 Å². The Balaban J connectivity index is 1.56. The van der Waals surface area contributed by atoms with Crippen LogP contribution in [0.15, 0.2) is 24.3 Å². The Kier molecular flexibility index (Phi) is 5.01. The number of halogens is 3. The van der Waals surface area contributed by atoms with E-state index >= 15 is 0 Å². The summed E-state index contributed by atoms with van der Waals surface area (Å²) in [5, 5.41) is 2.71. The summed E-state index contributed by atoms with van der Waals surface area (Å²) in [7, 11) is 0. The third-order valence-corrected chi connectivity index (χ3v) is 5.15. The van der Waals surface area contributed by atoms with Crippen molar-refractivity contribution in [2.24, 2.45) is 5.92 Å². The quantitative estimate of drug-likeness (QED) is 0.843. The first-order valence-corrected chi connectivity index (χ1v) is 9.47. The van der Waals surface area contributed by atoms with Crippen molar-refractivity contribution in [3.8, 4) is 0 Å². The minimum atomic E-state index is -4.49. The van der Waals surface area contributed by atoms with Gasteiger partial charge in [0, 0.05) is 26.1 Å². The predicted molar refractivity (Wildman–Crippen MR) is 100 cm³/mol. The van der Waals surface area contributed by atoms with Gasteiger partial charge in [0.25, 0.3) is 0 Å². The third-order valence-electron chi connectivity index (χ3n) is 5.15. The van der Waals surface area contributed by atoms with Crippen LogP contribution in [0, 0.1) is 5.92 Å².